The molecule has 8 heteroatoms. The van der Waals surface area contributed by atoms with E-state index in [0.717, 1.165) is 6.26 Å². The van der Waals surface area contributed by atoms with Crippen molar-refractivity contribution < 1.29 is 28.2 Å². The fourth-order valence-electron chi connectivity index (χ4n) is 1.48. The van der Waals surface area contributed by atoms with E-state index >= 15 is 0 Å². The lowest BCUT2D eigenvalue weighted by Crippen LogP contribution is -2.41. The third kappa shape index (κ3) is 4.32. The summed E-state index contributed by atoms with van der Waals surface area (Å²) >= 11 is 0. The fourth-order valence-corrected chi connectivity index (χ4v) is 2.11. The molecule has 0 fully saturated rings. The lowest BCUT2D eigenvalue weighted by Gasteiger charge is -2.13. The Morgan fingerprint density at radius 3 is 2.20 bits per heavy atom. The van der Waals surface area contributed by atoms with E-state index in [1.807, 2.05) is 0 Å². The Kier molecular flexibility index (Phi) is 5.23. The molecule has 0 spiro atoms. The van der Waals surface area contributed by atoms with E-state index in [2.05, 4.69) is 5.32 Å². The van der Waals surface area contributed by atoms with Crippen LogP contribution in [0.4, 0.5) is 0 Å². The van der Waals surface area contributed by atoms with Crippen molar-refractivity contribution in [1.82, 2.24) is 5.32 Å². The number of carboxylic acid groups (broad SMARTS) is 1. The van der Waals surface area contributed by atoms with Crippen molar-refractivity contribution in [3.05, 3.63) is 29.8 Å². The summed E-state index contributed by atoms with van der Waals surface area (Å²) in [6.07, 6.45) is 0.937. The summed E-state index contributed by atoms with van der Waals surface area (Å²) in [7, 11) is -3.35. The fraction of sp³-hybridized carbons (Fsp3) is 0.333. The van der Waals surface area contributed by atoms with E-state index in [9.17, 15) is 18.0 Å². The van der Waals surface area contributed by atoms with Crippen LogP contribution in [0.25, 0.3) is 0 Å². The molecular weight excluding hydrogens is 286 g/mol. The topological polar surface area (TPSA) is 121 Å². The number of nitrogens with one attached hydrogen (secondary N) is 1. The molecule has 0 radical (unpaired) electrons. The maximum absolute atomic E-state index is 11.8. The lowest BCUT2D eigenvalue weighted by atomic mass is 10.1. The maximum Gasteiger partial charge on any atom is 0.326 e. The van der Waals surface area contributed by atoms with E-state index in [0.29, 0.717) is 0 Å². The van der Waals surface area contributed by atoms with Crippen LogP contribution in [-0.4, -0.2) is 49.4 Å². The van der Waals surface area contributed by atoms with Crippen LogP contribution in [0.5, 0.6) is 0 Å². The third-order valence-corrected chi connectivity index (χ3v) is 3.69. The van der Waals surface area contributed by atoms with E-state index in [1.54, 1.807) is 0 Å². The van der Waals surface area contributed by atoms with Crippen LogP contribution in [0.2, 0.25) is 0 Å². The molecule has 0 aliphatic carbocycles. The molecule has 1 amide bonds. The Balaban J connectivity index is 2.85. The van der Waals surface area contributed by atoms with Crippen molar-refractivity contribution in [1.29, 1.82) is 0 Å². The van der Waals surface area contributed by atoms with E-state index in [1.165, 1.54) is 24.3 Å². The van der Waals surface area contributed by atoms with Gasteiger partial charge in [0.25, 0.3) is 5.91 Å². The minimum absolute atomic E-state index is 0.0687. The van der Waals surface area contributed by atoms with Crippen molar-refractivity contribution in [2.24, 2.45) is 0 Å². The van der Waals surface area contributed by atoms with Gasteiger partial charge >= 0.3 is 5.97 Å². The van der Waals surface area contributed by atoms with Gasteiger partial charge in [0, 0.05) is 24.8 Å². The molecule has 20 heavy (non-hydrogen) atoms. The number of rotatable bonds is 6. The molecule has 3 N–H and O–H groups in total. The second-order valence-corrected chi connectivity index (χ2v) is 6.19. The molecule has 1 aromatic carbocycles. The van der Waals surface area contributed by atoms with Gasteiger partial charge < -0.3 is 15.5 Å². The average Bonchev–Trinajstić information content (AvgIpc) is 2.37. The largest absolute Gasteiger partial charge is 0.480 e. The van der Waals surface area contributed by atoms with Crippen LogP contribution in [-0.2, 0) is 14.6 Å². The van der Waals surface area contributed by atoms with Crippen LogP contribution < -0.4 is 5.32 Å². The van der Waals surface area contributed by atoms with Gasteiger partial charge in [-0.2, -0.15) is 0 Å². The molecule has 1 atom stereocenters. The number of benzene rings is 1. The normalized spacial score (nSPS) is 12.7. The number of carbonyl (C=O) groups is 2. The number of carbonyl (C=O) groups excluding carboxylic acids is 1. The number of amides is 1. The van der Waals surface area contributed by atoms with Crippen molar-refractivity contribution in [2.45, 2.75) is 17.4 Å². The van der Waals surface area contributed by atoms with Gasteiger partial charge in [-0.05, 0) is 24.3 Å². The number of sulfone groups is 1. The van der Waals surface area contributed by atoms with Crippen LogP contribution in [0.1, 0.15) is 16.8 Å². The first-order valence-electron chi connectivity index (χ1n) is 5.70. The highest BCUT2D eigenvalue weighted by Gasteiger charge is 2.20. The third-order valence-electron chi connectivity index (χ3n) is 2.57. The number of aliphatic carboxylic acids is 1. The molecule has 0 heterocycles. The summed E-state index contributed by atoms with van der Waals surface area (Å²) < 4.78 is 22.5. The van der Waals surface area contributed by atoms with Gasteiger partial charge in [-0.1, -0.05) is 0 Å². The van der Waals surface area contributed by atoms with E-state index < -0.39 is 27.8 Å². The molecule has 0 saturated heterocycles. The highest BCUT2D eigenvalue weighted by Crippen LogP contribution is 2.10. The molecule has 1 rings (SSSR count). The Morgan fingerprint density at radius 1 is 1.25 bits per heavy atom. The summed E-state index contributed by atoms with van der Waals surface area (Å²) in [4.78, 5) is 22.7. The summed E-state index contributed by atoms with van der Waals surface area (Å²) in [5, 5.41) is 19.8. The van der Waals surface area contributed by atoms with Gasteiger partial charge in [0.1, 0.15) is 6.04 Å². The van der Waals surface area contributed by atoms with Crippen molar-refractivity contribution >= 4 is 21.7 Å². The highest BCUT2D eigenvalue weighted by molar-refractivity contribution is 7.90. The molecule has 0 aromatic heterocycles. The Labute approximate surface area is 116 Å². The Bertz CT molecular complexity index is 593. The second-order valence-electron chi connectivity index (χ2n) is 4.17. The SMILES string of the molecule is CS(=O)(=O)c1ccc(C(=O)NC(CCO)C(=O)O)cc1. The Morgan fingerprint density at radius 2 is 1.80 bits per heavy atom. The molecular formula is C12H15NO6S. The summed E-state index contributed by atoms with van der Waals surface area (Å²) in [6, 6.07) is 3.94. The molecule has 0 aliphatic heterocycles. The van der Waals surface area contributed by atoms with Crippen molar-refractivity contribution in [3.8, 4) is 0 Å². The lowest BCUT2D eigenvalue weighted by molar-refractivity contribution is -0.139. The van der Waals surface area contributed by atoms with Crippen molar-refractivity contribution in [2.75, 3.05) is 12.9 Å². The number of aliphatic hydroxyl groups is 1. The quantitative estimate of drug-likeness (QED) is 0.660. The van der Waals surface area contributed by atoms with Gasteiger partial charge in [-0.15, -0.1) is 0 Å². The Hall–Kier alpha value is -1.93. The van der Waals surface area contributed by atoms with E-state index in [4.69, 9.17) is 10.2 Å². The van der Waals surface area contributed by atoms with Crippen LogP contribution in [0, 0.1) is 0 Å². The van der Waals surface area contributed by atoms with Gasteiger partial charge in [-0.3, -0.25) is 4.79 Å². The van der Waals surface area contributed by atoms with Gasteiger partial charge in [0.05, 0.1) is 4.90 Å². The zero-order valence-corrected chi connectivity index (χ0v) is 11.6. The first-order chi connectivity index (χ1) is 9.25. The molecule has 0 aliphatic rings. The van der Waals surface area contributed by atoms with Crippen LogP contribution in [0.3, 0.4) is 0 Å². The number of hydrogen-bond donors (Lipinski definition) is 3. The molecule has 0 bridgehead atoms. The first-order valence-corrected chi connectivity index (χ1v) is 7.59. The predicted octanol–water partition coefficient (Wildman–Crippen LogP) is -0.344. The van der Waals surface area contributed by atoms with Crippen LogP contribution >= 0.6 is 0 Å². The molecule has 1 aromatic rings. The summed E-state index contributed by atoms with van der Waals surface area (Å²) in [5.41, 5.74) is 0.140. The maximum atomic E-state index is 11.8. The monoisotopic (exact) mass is 301 g/mol. The molecule has 110 valence electrons. The standard InChI is InChI=1S/C12H15NO6S/c1-20(18,19)9-4-2-8(3-5-9)11(15)13-10(6-7-14)12(16)17/h2-5,10,14H,6-7H2,1H3,(H,13,15)(H,16,17). The predicted molar refractivity (Wildman–Crippen MR) is 70.1 cm³/mol. The van der Waals surface area contributed by atoms with E-state index in [-0.39, 0.29) is 23.5 Å². The number of hydrogen-bond acceptors (Lipinski definition) is 5. The van der Waals surface area contributed by atoms with Gasteiger partial charge in [0.2, 0.25) is 0 Å². The number of carboxylic acids is 1. The van der Waals surface area contributed by atoms with Gasteiger partial charge in [-0.25, -0.2) is 13.2 Å². The summed E-state index contributed by atoms with van der Waals surface area (Å²) in [6.45, 7) is -0.371. The molecule has 7 nitrogen and oxygen atoms in total. The van der Waals surface area contributed by atoms with Crippen LogP contribution in [0.15, 0.2) is 29.2 Å². The summed E-state index contributed by atoms with van der Waals surface area (Å²) in [5.74, 6) is -1.90. The smallest absolute Gasteiger partial charge is 0.326 e. The zero-order valence-electron chi connectivity index (χ0n) is 10.7. The zero-order chi connectivity index (χ0) is 15.3. The minimum Gasteiger partial charge on any atom is -0.480 e. The minimum atomic E-state index is -3.35. The molecule has 1 unspecified atom stereocenters. The molecule has 0 saturated carbocycles. The van der Waals surface area contributed by atoms with Gasteiger partial charge in [0.15, 0.2) is 9.84 Å². The second kappa shape index (κ2) is 6.49. The van der Waals surface area contributed by atoms with Crippen molar-refractivity contribution in [3.63, 3.8) is 0 Å². The number of aliphatic hydroxyl groups excluding tert-OH is 1. The average molecular weight is 301 g/mol. The highest BCUT2D eigenvalue weighted by atomic mass is 32.2. The first kappa shape index (κ1) is 16.1.